The first kappa shape index (κ1) is 23.2. The maximum absolute atomic E-state index is 13.4. The van der Waals surface area contributed by atoms with Crippen LogP contribution in [0, 0.1) is 0 Å². The fourth-order valence-electron chi connectivity index (χ4n) is 5.51. The van der Waals surface area contributed by atoms with E-state index in [0.717, 1.165) is 26.2 Å². The van der Waals surface area contributed by atoms with Crippen molar-refractivity contribution in [1.82, 2.24) is 19.6 Å². The van der Waals surface area contributed by atoms with Crippen molar-refractivity contribution in [3.8, 4) is 0 Å². The van der Waals surface area contributed by atoms with Crippen molar-refractivity contribution in [3.63, 3.8) is 0 Å². The zero-order valence-electron chi connectivity index (χ0n) is 20.0. The van der Waals surface area contributed by atoms with Crippen LogP contribution in [0.5, 0.6) is 0 Å². The molecular weight excluding hydrogens is 464 g/mol. The van der Waals surface area contributed by atoms with Crippen molar-refractivity contribution in [2.75, 3.05) is 78.8 Å². The zero-order valence-corrected chi connectivity index (χ0v) is 20.0. The summed E-state index contributed by atoms with van der Waals surface area (Å²) in [5, 5.41) is 0.828. The van der Waals surface area contributed by atoms with Crippen LogP contribution < -0.4 is 0 Å². The molecule has 0 radical (unpaired) electrons. The Morgan fingerprint density at radius 3 is 1.11 bits per heavy atom. The molecule has 0 bridgehead atoms. The molecule has 0 unspecified atom stereocenters. The molecule has 2 aromatic rings. The zero-order chi connectivity index (χ0) is 24.8. The van der Waals surface area contributed by atoms with Gasteiger partial charge in [-0.25, -0.2) is 0 Å². The first-order chi connectivity index (χ1) is 17.5. The Hall–Kier alpha value is -3.18. The molecule has 2 saturated heterocycles. The van der Waals surface area contributed by atoms with Crippen molar-refractivity contribution in [2.45, 2.75) is 0 Å². The Morgan fingerprint density at radius 1 is 0.500 bits per heavy atom. The SMILES string of the molecule is O=C1c2ccc3c4c(ccc(c24)C(=O)N1CCN1CCOCC1)C(=O)N(CCN1CCOCC1)C3=O. The molecule has 0 aromatic heterocycles. The van der Waals surface area contributed by atoms with Gasteiger partial charge in [0.25, 0.3) is 23.6 Å². The van der Waals surface area contributed by atoms with E-state index in [9.17, 15) is 19.2 Å². The van der Waals surface area contributed by atoms with Crippen LogP contribution in [-0.4, -0.2) is 122 Å². The quantitative estimate of drug-likeness (QED) is 0.544. The molecule has 188 valence electrons. The van der Waals surface area contributed by atoms with Crippen molar-refractivity contribution in [2.24, 2.45) is 0 Å². The Morgan fingerprint density at radius 2 is 0.806 bits per heavy atom. The summed E-state index contributed by atoms with van der Waals surface area (Å²) in [5.74, 6) is -1.56. The molecule has 10 nitrogen and oxygen atoms in total. The minimum Gasteiger partial charge on any atom is -0.379 e. The lowest BCUT2D eigenvalue weighted by atomic mass is 9.86. The molecule has 36 heavy (non-hydrogen) atoms. The van der Waals surface area contributed by atoms with Crippen molar-refractivity contribution in [1.29, 1.82) is 0 Å². The summed E-state index contributed by atoms with van der Waals surface area (Å²) < 4.78 is 10.7. The number of hydrogen-bond acceptors (Lipinski definition) is 8. The van der Waals surface area contributed by atoms with Gasteiger partial charge in [0.15, 0.2) is 0 Å². The third-order valence-electron chi connectivity index (χ3n) is 7.55. The summed E-state index contributed by atoms with van der Waals surface area (Å²) in [5.41, 5.74) is 1.42. The van der Waals surface area contributed by atoms with E-state index in [-0.39, 0.29) is 36.7 Å². The summed E-state index contributed by atoms with van der Waals surface area (Å²) >= 11 is 0. The highest BCUT2D eigenvalue weighted by atomic mass is 16.5. The van der Waals surface area contributed by atoms with Crippen LogP contribution in [0.25, 0.3) is 10.8 Å². The molecule has 10 heteroatoms. The van der Waals surface area contributed by atoms with Crippen LogP contribution in [0.4, 0.5) is 0 Å². The number of hydrogen-bond donors (Lipinski definition) is 0. The molecular formula is C26H28N4O6. The van der Waals surface area contributed by atoms with Gasteiger partial charge in [-0.05, 0) is 24.3 Å². The molecule has 4 amide bonds. The van der Waals surface area contributed by atoms with Gasteiger partial charge in [-0.1, -0.05) is 0 Å². The Bertz CT molecular complexity index is 1100. The minimum absolute atomic E-state index is 0.273. The molecule has 2 aromatic carbocycles. The topological polar surface area (TPSA) is 99.7 Å². The molecule has 6 rings (SSSR count). The van der Waals surface area contributed by atoms with E-state index in [0.29, 0.717) is 72.5 Å². The average Bonchev–Trinajstić information content (AvgIpc) is 2.91. The Balaban J connectivity index is 1.29. The van der Waals surface area contributed by atoms with Gasteiger partial charge in [0.05, 0.1) is 26.4 Å². The molecule has 4 aliphatic rings. The highest BCUT2D eigenvalue weighted by Gasteiger charge is 2.39. The molecule has 4 aliphatic heterocycles. The van der Waals surface area contributed by atoms with E-state index in [1.54, 1.807) is 24.3 Å². The van der Waals surface area contributed by atoms with Gasteiger partial charge in [0.1, 0.15) is 0 Å². The number of nitrogens with zero attached hydrogens (tertiary/aromatic N) is 4. The summed E-state index contributed by atoms with van der Waals surface area (Å²) in [6.45, 7) is 7.32. The van der Waals surface area contributed by atoms with E-state index in [1.165, 1.54) is 9.80 Å². The number of carbonyl (C=O) groups excluding carboxylic acids is 4. The number of imide groups is 2. The van der Waals surface area contributed by atoms with E-state index >= 15 is 0 Å². The highest BCUT2D eigenvalue weighted by molar-refractivity contribution is 6.33. The smallest absolute Gasteiger partial charge is 0.261 e. The predicted molar refractivity (Wildman–Crippen MR) is 129 cm³/mol. The van der Waals surface area contributed by atoms with E-state index in [2.05, 4.69) is 9.80 Å². The van der Waals surface area contributed by atoms with Crippen LogP contribution >= 0.6 is 0 Å². The number of benzene rings is 2. The fourth-order valence-corrected chi connectivity index (χ4v) is 5.51. The van der Waals surface area contributed by atoms with Crippen LogP contribution in [0.1, 0.15) is 41.4 Å². The second-order valence-corrected chi connectivity index (χ2v) is 9.50. The van der Waals surface area contributed by atoms with E-state index in [4.69, 9.17) is 9.47 Å². The van der Waals surface area contributed by atoms with Gasteiger partial charge in [0.2, 0.25) is 0 Å². The highest BCUT2D eigenvalue weighted by Crippen LogP contribution is 2.37. The van der Waals surface area contributed by atoms with Crippen LogP contribution in [-0.2, 0) is 9.47 Å². The minimum atomic E-state index is -0.390. The lowest BCUT2D eigenvalue weighted by Gasteiger charge is -2.34. The predicted octanol–water partition coefficient (Wildman–Crippen LogP) is 0.696. The number of ether oxygens (including phenoxy) is 2. The summed E-state index contributed by atoms with van der Waals surface area (Å²) in [6.07, 6.45) is 0. The molecule has 0 atom stereocenters. The van der Waals surface area contributed by atoms with Crippen molar-refractivity contribution in [3.05, 3.63) is 46.5 Å². The fraction of sp³-hybridized carbons (Fsp3) is 0.462. The Labute approximate surface area is 208 Å². The number of carbonyl (C=O) groups is 4. The van der Waals surface area contributed by atoms with Gasteiger partial charge >= 0.3 is 0 Å². The van der Waals surface area contributed by atoms with Gasteiger partial charge in [0, 0.05) is 85.4 Å². The molecule has 4 heterocycles. The monoisotopic (exact) mass is 492 g/mol. The van der Waals surface area contributed by atoms with E-state index < -0.39 is 0 Å². The third kappa shape index (κ3) is 3.81. The maximum atomic E-state index is 13.4. The second-order valence-electron chi connectivity index (χ2n) is 9.50. The summed E-state index contributed by atoms with van der Waals surface area (Å²) in [4.78, 5) is 60.4. The van der Waals surface area contributed by atoms with Gasteiger partial charge in [-0.3, -0.25) is 38.8 Å². The standard InChI is InChI=1S/C26H28N4O6/c31-23-17-1-2-18-22-20(26(34)30(24(18)32)8-6-28-11-15-36-16-12-28)4-3-19(21(17)22)25(33)29(23)7-5-27-9-13-35-14-10-27/h1-4H,5-16H2. The van der Waals surface area contributed by atoms with Crippen LogP contribution in [0.2, 0.25) is 0 Å². The van der Waals surface area contributed by atoms with Crippen molar-refractivity contribution >= 4 is 34.4 Å². The molecule has 0 aliphatic carbocycles. The third-order valence-corrected chi connectivity index (χ3v) is 7.55. The normalized spacial score (nSPS) is 21.1. The molecule has 0 N–H and O–H groups in total. The first-order valence-electron chi connectivity index (χ1n) is 12.5. The molecule has 0 spiro atoms. The van der Waals surface area contributed by atoms with Crippen LogP contribution in [0.3, 0.4) is 0 Å². The lowest BCUT2D eigenvalue weighted by Crippen LogP contribution is -2.48. The van der Waals surface area contributed by atoms with Gasteiger partial charge in [-0.2, -0.15) is 0 Å². The Kier molecular flexibility index (Phi) is 6.04. The first-order valence-corrected chi connectivity index (χ1v) is 12.5. The second kappa shape index (κ2) is 9.36. The van der Waals surface area contributed by atoms with Crippen molar-refractivity contribution < 1.29 is 28.7 Å². The number of rotatable bonds is 6. The number of morpholine rings is 2. The van der Waals surface area contributed by atoms with E-state index in [1.807, 2.05) is 0 Å². The summed E-state index contributed by atoms with van der Waals surface area (Å²) in [7, 11) is 0. The van der Waals surface area contributed by atoms with Crippen LogP contribution in [0.15, 0.2) is 24.3 Å². The molecule has 0 saturated carbocycles. The lowest BCUT2D eigenvalue weighted by molar-refractivity contribution is 0.0309. The van der Waals surface area contributed by atoms with Gasteiger partial charge < -0.3 is 9.47 Å². The maximum Gasteiger partial charge on any atom is 0.261 e. The average molecular weight is 493 g/mol. The van der Waals surface area contributed by atoms with Gasteiger partial charge in [-0.15, -0.1) is 0 Å². The largest absolute Gasteiger partial charge is 0.379 e. The molecule has 2 fully saturated rings. The summed E-state index contributed by atoms with van der Waals surface area (Å²) in [6, 6.07) is 6.48. The number of amides is 4.